The lowest BCUT2D eigenvalue weighted by Crippen LogP contribution is -2.43. The Morgan fingerprint density at radius 2 is 1.41 bits per heavy atom. The molecule has 1 aliphatic carbocycles. The summed E-state index contributed by atoms with van der Waals surface area (Å²) in [4.78, 5) is 31.5. The summed E-state index contributed by atoms with van der Waals surface area (Å²) in [5, 5.41) is 0. The van der Waals surface area contributed by atoms with Gasteiger partial charge in [0.05, 0.1) is 5.57 Å². The Labute approximate surface area is 203 Å². The van der Waals surface area contributed by atoms with Crippen molar-refractivity contribution in [3.63, 3.8) is 0 Å². The van der Waals surface area contributed by atoms with Crippen LogP contribution in [0, 0.1) is 12.8 Å². The summed E-state index contributed by atoms with van der Waals surface area (Å²) < 4.78 is 0. The van der Waals surface area contributed by atoms with E-state index in [1.807, 2.05) is 24.3 Å². The Morgan fingerprint density at radius 1 is 0.765 bits per heavy atom. The minimum absolute atomic E-state index is 0.0380. The Kier molecular flexibility index (Phi) is 6.85. The summed E-state index contributed by atoms with van der Waals surface area (Å²) in [7, 11) is 0. The SMILES string of the molecule is Cc1ccc(C2=C(N3CCC(Cc4ccccc4)CC3)C(=O)N(C3CCCCCC3)C2=O)cc1. The zero-order valence-electron chi connectivity index (χ0n) is 20.3. The van der Waals surface area contributed by atoms with E-state index in [1.165, 1.54) is 18.4 Å². The van der Waals surface area contributed by atoms with E-state index in [4.69, 9.17) is 0 Å². The first-order valence-corrected chi connectivity index (χ1v) is 13.1. The molecule has 0 N–H and O–H groups in total. The molecule has 2 aromatic carbocycles. The molecule has 0 unspecified atom stereocenters. The van der Waals surface area contributed by atoms with Crippen LogP contribution in [0.5, 0.6) is 0 Å². The Balaban J connectivity index is 1.40. The molecule has 4 nitrogen and oxygen atoms in total. The Bertz CT molecular complexity index is 1040. The van der Waals surface area contributed by atoms with Crippen molar-refractivity contribution in [2.24, 2.45) is 5.92 Å². The van der Waals surface area contributed by atoms with Gasteiger partial charge in [-0.3, -0.25) is 14.5 Å². The number of hydrogen-bond donors (Lipinski definition) is 0. The molecule has 0 spiro atoms. The molecule has 5 rings (SSSR count). The fourth-order valence-electron chi connectivity index (χ4n) is 5.96. The lowest BCUT2D eigenvalue weighted by atomic mass is 9.89. The number of nitrogens with zero attached hydrogens (tertiary/aromatic N) is 2. The van der Waals surface area contributed by atoms with E-state index in [1.54, 1.807) is 4.90 Å². The summed E-state index contributed by atoms with van der Waals surface area (Å²) in [6, 6.07) is 18.8. The van der Waals surface area contributed by atoms with Crippen LogP contribution in [0.25, 0.3) is 5.57 Å². The van der Waals surface area contributed by atoms with E-state index in [-0.39, 0.29) is 17.9 Å². The van der Waals surface area contributed by atoms with Gasteiger partial charge in [0.2, 0.25) is 0 Å². The summed E-state index contributed by atoms with van der Waals surface area (Å²) in [6.45, 7) is 3.72. The lowest BCUT2D eigenvalue weighted by molar-refractivity contribution is -0.140. The second kappa shape index (κ2) is 10.2. The van der Waals surface area contributed by atoms with E-state index in [9.17, 15) is 9.59 Å². The van der Waals surface area contributed by atoms with Crippen LogP contribution in [0.3, 0.4) is 0 Å². The molecule has 1 saturated heterocycles. The van der Waals surface area contributed by atoms with Crippen LogP contribution in [0.4, 0.5) is 0 Å². The number of benzene rings is 2. The second-order valence-electron chi connectivity index (χ2n) is 10.3. The number of rotatable bonds is 5. The molecular formula is C30H36N2O2. The second-order valence-corrected chi connectivity index (χ2v) is 10.3. The predicted octanol–water partition coefficient (Wildman–Crippen LogP) is 5.75. The fraction of sp³-hybridized carbons (Fsp3) is 0.467. The van der Waals surface area contributed by atoms with Crippen molar-refractivity contribution in [2.45, 2.75) is 70.8 Å². The molecule has 0 aromatic heterocycles. The smallest absolute Gasteiger partial charge is 0.278 e. The van der Waals surface area contributed by atoms with Gasteiger partial charge in [0.1, 0.15) is 5.70 Å². The molecule has 0 radical (unpaired) electrons. The van der Waals surface area contributed by atoms with Crippen LogP contribution < -0.4 is 0 Å². The number of amides is 2. The molecule has 2 fully saturated rings. The minimum Gasteiger partial charge on any atom is -0.366 e. The third-order valence-corrected chi connectivity index (χ3v) is 7.92. The Hall–Kier alpha value is -2.88. The highest BCUT2D eigenvalue weighted by Gasteiger charge is 2.45. The first-order chi connectivity index (χ1) is 16.6. The van der Waals surface area contributed by atoms with Gasteiger partial charge in [0.25, 0.3) is 11.8 Å². The zero-order chi connectivity index (χ0) is 23.5. The van der Waals surface area contributed by atoms with Gasteiger partial charge >= 0.3 is 0 Å². The van der Waals surface area contributed by atoms with Crippen LogP contribution in [0.15, 0.2) is 60.3 Å². The maximum Gasteiger partial charge on any atom is 0.278 e. The van der Waals surface area contributed by atoms with Crippen molar-refractivity contribution in [3.05, 3.63) is 77.0 Å². The normalized spacial score (nSPS) is 20.9. The third-order valence-electron chi connectivity index (χ3n) is 7.92. The van der Waals surface area contributed by atoms with Crippen molar-refractivity contribution in [1.29, 1.82) is 0 Å². The van der Waals surface area contributed by atoms with Crippen LogP contribution in [0.2, 0.25) is 0 Å². The van der Waals surface area contributed by atoms with Crippen molar-refractivity contribution in [2.75, 3.05) is 13.1 Å². The number of aryl methyl sites for hydroxylation is 1. The van der Waals surface area contributed by atoms with Gasteiger partial charge in [-0.15, -0.1) is 0 Å². The molecule has 4 heteroatoms. The summed E-state index contributed by atoms with van der Waals surface area (Å²) in [5.74, 6) is 0.475. The van der Waals surface area contributed by atoms with E-state index in [0.29, 0.717) is 17.2 Å². The molecule has 1 saturated carbocycles. The first kappa shape index (κ1) is 22.9. The summed E-state index contributed by atoms with van der Waals surface area (Å²) in [6.07, 6.45) is 9.65. The number of carbonyl (C=O) groups excluding carboxylic acids is 2. The number of likely N-dealkylation sites (tertiary alicyclic amines) is 1. The molecule has 2 aromatic rings. The van der Waals surface area contributed by atoms with Crippen molar-refractivity contribution in [1.82, 2.24) is 9.80 Å². The quantitative estimate of drug-likeness (QED) is 0.425. The largest absolute Gasteiger partial charge is 0.366 e. The van der Waals surface area contributed by atoms with E-state index < -0.39 is 0 Å². The molecule has 2 heterocycles. The average Bonchev–Trinajstić information content (AvgIpc) is 3.01. The van der Waals surface area contributed by atoms with Crippen LogP contribution >= 0.6 is 0 Å². The van der Waals surface area contributed by atoms with E-state index >= 15 is 0 Å². The zero-order valence-corrected chi connectivity index (χ0v) is 20.3. The van der Waals surface area contributed by atoms with Gasteiger partial charge in [-0.25, -0.2) is 0 Å². The summed E-state index contributed by atoms with van der Waals surface area (Å²) in [5.41, 5.74) is 4.69. The first-order valence-electron chi connectivity index (χ1n) is 13.1. The highest BCUT2D eigenvalue weighted by atomic mass is 16.2. The van der Waals surface area contributed by atoms with Gasteiger partial charge in [-0.1, -0.05) is 85.8 Å². The number of hydrogen-bond acceptors (Lipinski definition) is 3. The molecule has 0 atom stereocenters. The van der Waals surface area contributed by atoms with Gasteiger partial charge in [-0.05, 0) is 56.1 Å². The minimum atomic E-state index is -0.0813. The molecule has 34 heavy (non-hydrogen) atoms. The summed E-state index contributed by atoms with van der Waals surface area (Å²) >= 11 is 0. The fourth-order valence-corrected chi connectivity index (χ4v) is 5.96. The van der Waals surface area contributed by atoms with Gasteiger partial charge in [0.15, 0.2) is 0 Å². The molecule has 0 bridgehead atoms. The van der Waals surface area contributed by atoms with E-state index in [2.05, 4.69) is 42.2 Å². The molecule has 3 aliphatic rings. The van der Waals surface area contributed by atoms with E-state index in [0.717, 1.165) is 69.2 Å². The van der Waals surface area contributed by atoms with Crippen molar-refractivity contribution >= 4 is 17.4 Å². The topological polar surface area (TPSA) is 40.6 Å². The molecule has 178 valence electrons. The van der Waals surface area contributed by atoms with Crippen LogP contribution in [0.1, 0.15) is 68.1 Å². The van der Waals surface area contributed by atoms with Crippen LogP contribution in [-0.4, -0.2) is 40.7 Å². The standard InChI is InChI=1S/C30H36N2O2/c1-22-13-15-25(16-14-22)27-28(30(34)32(29(27)33)26-11-7-2-3-8-12-26)31-19-17-24(18-20-31)21-23-9-5-4-6-10-23/h4-6,9-10,13-16,24,26H,2-3,7-8,11-12,17-21H2,1H3. The van der Waals surface area contributed by atoms with Crippen molar-refractivity contribution in [3.8, 4) is 0 Å². The third kappa shape index (κ3) is 4.68. The number of piperidine rings is 1. The average molecular weight is 457 g/mol. The molecular weight excluding hydrogens is 420 g/mol. The monoisotopic (exact) mass is 456 g/mol. The Morgan fingerprint density at radius 3 is 2.06 bits per heavy atom. The lowest BCUT2D eigenvalue weighted by Gasteiger charge is -2.34. The highest BCUT2D eigenvalue weighted by Crippen LogP contribution is 2.37. The van der Waals surface area contributed by atoms with Gasteiger partial charge < -0.3 is 4.90 Å². The van der Waals surface area contributed by atoms with Crippen molar-refractivity contribution < 1.29 is 9.59 Å². The highest BCUT2D eigenvalue weighted by molar-refractivity contribution is 6.35. The molecule has 2 amide bonds. The number of carbonyl (C=O) groups is 2. The van der Waals surface area contributed by atoms with Crippen LogP contribution in [-0.2, 0) is 16.0 Å². The maximum atomic E-state index is 13.9. The molecule has 2 aliphatic heterocycles. The van der Waals surface area contributed by atoms with Gasteiger partial charge in [0, 0.05) is 19.1 Å². The number of imide groups is 1. The maximum absolute atomic E-state index is 13.9. The predicted molar refractivity (Wildman–Crippen MR) is 136 cm³/mol. The van der Waals surface area contributed by atoms with Gasteiger partial charge in [-0.2, -0.15) is 0 Å².